The van der Waals surface area contributed by atoms with Gasteiger partial charge in [0.2, 0.25) is 17.6 Å². The highest BCUT2D eigenvalue weighted by Crippen LogP contribution is 2.31. The molecule has 1 aliphatic rings. The van der Waals surface area contributed by atoms with E-state index in [4.69, 9.17) is 14.2 Å². The van der Waals surface area contributed by atoms with Gasteiger partial charge in [0.05, 0.1) is 14.2 Å². The SMILES string of the molecule is CCOCCCN(C(=O)Cn1nnc(-c2ccc(OC)c(OC)c2)n1)[C@H](C(=O)NC1CCCC1)c1cccs1. The van der Waals surface area contributed by atoms with Crippen LogP contribution in [-0.4, -0.2) is 76.9 Å². The zero-order valence-electron chi connectivity index (χ0n) is 22.7. The van der Waals surface area contributed by atoms with Crippen LogP contribution in [0.25, 0.3) is 11.4 Å². The molecule has 3 aromatic rings. The molecule has 0 bridgehead atoms. The molecule has 4 rings (SSSR count). The third kappa shape index (κ3) is 7.33. The van der Waals surface area contributed by atoms with E-state index in [-0.39, 0.29) is 24.4 Å². The van der Waals surface area contributed by atoms with Crippen LogP contribution in [0, 0.1) is 0 Å². The van der Waals surface area contributed by atoms with Gasteiger partial charge in [-0.2, -0.15) is 4.80 Å². The number of nitrogens with zero attached hydrogens (tertiary/aromatic N) is 5. The minimum atomic E-state index is -0.742. The van der Waals surface area contributed by atoms with Crippen molar-refractivity contribution in [3.8, 4) is 22.9 Å². The van der Waals surface area contributed by atoms with Crippen molar-refractivity contribution in [2.75, 3.05) is 34.0 Å². The van der Waals surface area contributed by atoms with Gasteiger partial charge in [0.15, 0.2) is 11.5 Å². The van der Waals surface area contributed by atoms with E-state index in [1.165, 1.54) is 16.1 Å². The maximum absolute atomic E-state index is 13.7. The number of carbonyl (C=O) groups is 2. The van der Waals surface area contributed by atoms with Gasteiger partial charge in [-0.15, -0.1) is 21.5 Å². The number of carbonyl (C=O) groups excluding carboxylic acids is 2. The Hall–Kier alpha value is -3.51. The maximum Gasteiger partial charge on any atom is 0.248 e. The average Bonchev–Trinajstić information content (AvgIpc) is 3.74. The Labute approximate surface area is 232 Å². The number of benzene rings is 1. The summed E-state index contributed by atoms with van der Waals surface area (Å²) in [5.41, 5.74) is 0.673. The Bertz CT molecular complexity index is 1210. The minimum absolute atomic E-state index is 0.140. The number of amides is 2. The molecule has 1 fully saturated rings. The van der Waals surface area contributed by atoms with Crippen molar-refractivity contribution in [2.24, 2.45) is 0 Å². The first-order valence-electron chi connectivity index (χ1n) is 13.2. The van der Waals surface area contributed by atoms with Crippen LogP contribution in [0.15, 0.2) is 35.7 Å². The molecule has 0 saturated heterocycles. The van der Waals surface area contributed by atoms with Gasteiger partial charge in [0.1, 0.15) is 12.6 Å². The molecule has 0 radical (unpaired) electrons. The van der Waals surface area contributed by atoms with Crippen molar-refractivity contribution in [3.05, 3.63) is 40.6 Å². The van der Waals surface area contributed by atoms with Crippen LogP contribution in [0.3, 0.4) is 0 Å². The fraction of sp³-hybridized carbons (Fsp3) is 0.519. The summed E-state index contributed by atoms with van der Waals surface area (Å²) in [7, 11) is 3.12. The Morgan fingerprint density at radius 1 is 1.18 bits per heavy atom. The highest BCUT2D eigenvalue weighted by atomic mass is 32.1. The van der Waals surface area contributed by atoms with E-state index in [9.17, 15) is 9.59 Å². The molecule has 39 heavy (non-hydrogen) atoms. The van der Waals surface area contributed by atoms with Gasteiger partial charge in [0.25, 0.3) is 0 Å². The van der Waals surface area contributed by atoms with Crippen molar-refractivity contribution >= 4 is 23.2 Å². The number of tetrazole rings is 1. The third-order valence-electron chi connectivity index (χ3n) is 6.66. The highest BCUT2D eigenvalue weighted by molar-refractivity contribution is 7.10. The first-order valence-corrected chi connectivity index (χ1v) is 14.1. The fourth-order valence-electron chi connectivity index (χ4n) is 4.71. The van der Waals surface area contributed by atoms with Gasteiger partial charge in [-0.1, -0.05) is 18.9 Å². The molecule has 1 aromatic carbocycles. The predicted octanol–water partition coefficient (Wildman–Crippen LogP) is 3.47. The Balaban J connectivity index is 1.55. The number of methoxy groups -OCH3 is 2. The number of aromatic nitrogens is 4. The standard InChI is InChI=1S/C27H36N6O5S/c1-4-38-15-8-14-32(25(23-11-7-16-39-23)27(35)28-20-9-5-6-10-20)24(34)18-33-30-26(29-31-33)19-12-13-21(36-2)22(17-19)37-3/h7,11-13,16-17,20,25H,4-6,8-10,14-15,18H2,1-3H3,(H,28,35)/t25-/m0/s1. The van der Waals surface area contributed by atoms with E-state index >= 15 is 0 Å². The van der Waals surface area contributed by atoms with E-state index < -0.39 is 6.04 Å². The predicted molar refractivity (Wildman–Crippen MR) is 147 cm³/mol. The Kier molecular flexibility index (Phi) is 10.3. The van der Waals surface area contributed by atoms with E-state index in [0.29, 0.717) is 49.1 Å². The molecule has 2 aromatic heterocycles. The topological polar surface area (TPSA) is 121 Å². The van der Waals surface area contributed by atoms with Gasteiger partial charge < -0.3 is 24.4 Å². The zero-order chi connectivity index (χ0) is 27.6. The maximum atomic E-state index is 13.7. The Morgan fingerprint density at radius 2 is 1.97 bits per heavy atom. The van der Waals surface area contributed by atoms with E-state index in [1.54, 1.807) is 37.3 Å². The summed E-state index contributed by atoms with van der Waals surface area (Å²) in [5.74, 6) is 1.03. The van der Waals surface area contributed by atoms with Gasteiger partial charge in [-0.3, -0.25) is 9.59 Å². The molecule has 11 nitrogen and oxygen atoms in total. The summed E-state index contributed by atoms with van der Waals surface area (Å²) in [6.45, 7) is 3.21. The van der Waals surface area contributed by atoms with E-state index in [2.05, 4.69) is 20.7 Å². The molecule has 1 atom stereocenters. The fourth-order valence-corrected chi connectivity index (χ4v) is 5.55. The van der Waals surface area contributed by atoms with Crippen molar-refractivity contribution in [2.45, 2.75) is 57.7 Å². The van der Waals surface area contributed by atoms with Crippen LogP contribution >= 0.6 is 11.3 Å². The summed E-state index contributed by atoms with van der Waals surface area (Å²) >= 11 is 1.46. The smallest absolute Gasteiger partial charge is 0.248 e. The summed E-state index contributed by atoms with van der Waals surface area (Å²) in [5, 5.41) is 17.8. The number of hydrogen-bond donors (Lipinski definition) is 1. The van der Waals surface area contributed by atoms with Crippen LogP contribution in [-0.2, 0) is 20.9 Å². The number of hydrogen-bond acceptors (Lipinski definition) is 9. The van der Waals surface area contributed by atoms with Gasteiger partial charge >= 0.3 is 0 Å². The van der Waals surface area contributed by atoms with Crippen molar-refractivity contribution in [3.63, 3.8) is 0 Å². The molecule has 2 heterocycles. The second-order valence-electron chi connectivity index (χ2n) is 9.26. The van der Waals surface area contributed by atoms with Crippen LogP contribution in [0.5, 0.6) is 11.5 Å². The van der Waals surface area contributed by atoms with Crippen LogP contribution in [0.4, 0.5) is 0 Å². The second-order valence-corrected chi connectivity index (χ2v) is 10.2. The van der Waals surface area contributed by atoms with Crippen LogP contribution in [0.2, 0.25) is 0 Å². The number of rotatable bonds is 14. The molecule has 0 unspecified atom stereocenters. The molecule has 210 valence electrons. The molecule has 12 heteroatoms. The summed E-state index contributed by atoms with van der Waals surface area (Å²) in [6, 6.07) is 8.50. The number of nitrogens with one attached hydrogen (secondary N) is 1. The van der Waals surface area contributed by atoms with Crippen molar-refractivity contribution < 1.29 is 23.8 Å². The summed E-state index contributed by atoms with van der Waals surface area (Å²) in [6.07, 6.45) is 4.73. The second kappa shape index (κ2) is 14.0. The first-order chi connectivity index (χ1) is 19.0. The van der Waals surface area contributed by atoms with Gasteiger partial charge in [-0.05, 0) is 61.0 Å². The molecular formula is C27H36N6O5S. The van der Waals surface area contributed by atoms with Crippen LogP contribution in [0.1, 0.15) is 49.9 Å². The van der Waals surface area contributed by atoms with Gasteiger partial charge in [-0.25, -0.2) is 0 Å². The van der Waals surface area contributed by atoms with Gasteiger partial charge in [0, 0.05) is 36.2 Å². The molecule has 1 aliphatic carbocycles. The van der Waals surface area contributed by atoms with E-state index in [0.717, 1.165) is 30.6 Å². The lowest BCUT2D eigenvalue weighted by atomic mass is 10.1. The Morgan fingerprint density at radius 3 is 2.67 bits per heavy atom. The van der Waals surface area contributed by atoms with E-state index in [1.807, 2.05) is 24.4 Å². The third-order valence-corrected chi connectivity index (χ3v) is 7.58. The lowest BCUT2D eigenvalue weighted by molar-refractivity contribution is -0.142. The summed E-state index contributed by atoms with van der Waals surface area (Å²) < 4.78 is 16.2. The lowest BCUT2D eigenvalue weighted by Gasteiger charge is -2.31. The number of ether oxygens (including phenoxy) is 3. The minimum Gasteiger partial charge on any atom is -0.493 e. The van der Waals surface area contributed by atoms with Crippen molar-refractivity contribution in [1.82, 2.24) is 30.4 Å². The average molecular weight is 557 g/mol. The molecule has 0 aliphatic heterocycles. The number of thiophene rings is 1. The summed E-state index contributed by atoms with van der Waals surface area (Å²) in [4.78, 5) is 31.0. The van der Waals surface area contributed by atoms with Crippen LogP contribution < -0.4 is 14.8 Å². The molecule has 2 amide bonds. The zero-order valence-corrected chi connectivity index (χ0v) is 23.5. The normalized spacial score (nSPS) is 14.2. The highest BCUT2D eigenvalue weighted by Gasteiger charge is 2.34. The molecule has 1 N–H and O–H groups in total. The quantitative estimate of drug-likeness (QED) is 0.300. The largest absolute Gasteiger partial charge is 0.493 e. The first kappa shape index (κ1) is 28.5. The molecule has 1 saturated carbocycles. The molecule has 0 spiro atoms. The van der Waals surface area contributed by atoms with Crippen molar-refractivity contribution in [1.29, 1.82) is 0 Å². The monoisotopic (exact) mass is 556 g/mol. The molecular weight excluding hydrogens is 520 g/mol. The lowest BCUT2D eigenvalue weighted by Crippen LogP contribution is -2.47.